The van der Waals surface area contributed by atoms with Gasteiger partial charge in [0.2, 0.25) is 5.76 Å². The van der Waals surface area contributed by atoms with Crippen LogP contribution in [-0.2, 0) is 0 Å². The van der Waals surface area contributed by atoms with Crippen molar-refractivity contribution < 1.29 is 19.1 Å². The van der Waals surface area contributed by atoms with E-state index in [1.54, 1.807) is 18.2 Å². The first-order chi connectivity index (χ1) is 10.7. The molecular formula is C16H9NO4S. The number of hydrogen-bond donors (Lipinski definition) is 1. The van der Waals surface area contributed by atoms with Crippen LogP contribution in [0, 0.1) is 0 Å². The minimum absolute atomic E-state index is 0.0906. The summed E-state index contributed by atoms with van der Waals surface area (Å²) in [4.78, 5) is 15.3. The van der Waals surface area contributed by atoms with Crippen molar-refractivity contribution in [3.05, 3.63) is 54.3 Å². The molecule has 0 fully saturated rings. The maximum atomic E-state index is 10.9. The van der Waals surface area contributed by atoms with Crippen molar-refractivity contribution in [1.82, 2.24) is 4.98 Å². The minimum Gasteiger partial charge on any atom is -0.475 e. The summed E-state index contributed by atoms with van der Waals surface area (Å²) in [7, 11) is 0. The van der Waals surface area contributed by atoms with Gasteiger partial charge in [0.05, 0.1) is 10.2 Å². The van der Waals surface area contributed by atoms with Crippen LogP contribution in [0.2, 0.25) is 0 Å². The van der Waals surface area contributed by atoms with Crippen LogP contribution in [0.25, 0.3) is 21.2 Å². The summed E-state index contributed by atoms with van der Waals surface area (Å²) in [5.74, 6) is -0.596. The van der Waals surface area contributed by atoms with Crippen LogP contribution in [0.15, 0.2) is 52.9 Å². The fraction of sp³-hybridized carbons (Fsp3) is 0. The van der Waals surface area contributed by atoms with Crippen LogP contribution >= 0.6 is 11.3 Å². The summed E-state index contributed by atoms with van der Waals surface area (Å²) >= 11 is 1.46. The predicted octanol–water partition coefficient (Wildman–Crippen LogP) is 4.53. The Kier molecular flexibility index (Phi) is 2.83. The zero-order valence-corrected chi connectivity index (χ0v) is 12.0. The van der Waals surface area contributed by atoms with Gasteiger partial charge >= 0.3 is 5.97 Å². The summed E-state index contributed by atoms with van der Waals surface area (Å²) in [6, 6.07) is 14.4. The third-order valence-electron chi connectivity index (χ3n) is 3.18. The number of aromatic carboxylic acids is 1. The van der Waals surface area contributed by atoms with E-state index in [-0.39, 0.29) is 5.76 Å². The first kappa shape index (κ1) is 12.8. The number of aromatic nitrogens is 1. The monoisotopic (exact) mass is 311 g/mol. The van der Waals surface area contributed by atoms with E-state index in [1.165, 1.54) is 17.4 Å². The number of ether oxygens (including phenoxy) is 1. The zero-order valence-electron chi connectivity index (χ0n) is 11.1. The Bertz CT molecular complexity index is 969. The lowest BCUT2D eigenvalue weighted by Crippen LogP contribution is -1.91. The molecule has 1 N–H and O–H groups in total. The normalized spacial score (nSPS) is 11.1. The van der Waals surface area contributed by atoms with E-state index in [4.69, 9.17) is 14.3 Å². The molecule has 4 rings (SSSR count). The molecule has 5 nitrogen and oxygen atoms in total. The molecule has 0 spiro atoms. The lowest BCUT2D eigenvalue weighted by molar-refractivity contribution is 0.0665. The standard InChI is InChI=1S/C16H9NO4S/c18-15(19)13-8-9-7-10(5-6-12(9)21-13)20-16-17-11-3-1-2-4-14(11)22-16/h1-8H,(H,18,19). The molecular weight excluding hydrogens is 302 g/mol. The van der Waals surface area contributed by atoms with Gasteiger partial charge < -0.3 is 14.3 Å². The number of thiazole rings is 1. The quantitative estimate of drug-likeness (QED) is 0.601. The smallest absolute Gasteiger partial charge is 0.371 e. The lowest BCUT2D eigenvalue weighted by Gasteiger charge is -2.00. The van der Waals surface area contributed by atoms with Crippen molar-refractivity contribution in [2.24, 2.45) is 0 Å². The molecule has 0 amide bonds. The molecule has 0 bridgehead atoms. The number of carbonyl (C=O) groups is 1. The molecule has 2 aromatic carbocycles. The highest BCUT2D eigenvalue weighted by atomic mass is 32.1. The number of rotatable bonds is 3. The van der Waals surface area contributed by atoms with E-state index in [1.807, 2.05) is 24.3 Å². The first-order valence-corrected chi connectivity index (χ1v) is 7.31. The van der Waals surface area contributed by atoms with E-state index in [9.17, 15) is 4.79 Å². The van der Waals surface area contributed by atoms with Gasteiger partial charge in [-0.25, -0.2) is 9.78 Å². The van der Waals surface area contributed by atoms with Crippen LogP contribution in [-0.4, -0.2) is 16.1 Å². The van der Waals surface area contributed by atoms with Crippen molar-refractivity contribution >= 4 is 38.5 Å². The summed E-state index contributed by atoms with van der Waals surface area (Å²) in [6.45, 7) is 0. The molecule has 0 aliphatic rings. The Hall–Kier alpha value is -2.86. The maximum absolute atomic E-state index is 10.9. The van der Waals surface area contributed by atoms with Gasteiger partial charge in [-0.15, -0.1) is 0 Å². The highest BCUT2D eigenvalue weighted by Crippen LogP contribution is 2.32. The molecule has 0 atom stereocenters. The molecule has 6 heteroatoms. The van der Waals surface area contributed by atoms with Gasteiger partial charge in [0, 0.05) is 5.39 Å². The molecule has 0 saturated heterocycles. The molecule has 0 unspecified atom stereocenters. The summed E-state index contributed by atoms with van der Waals surface area (Å²) in [5.41, 5.74) is 1.40. The van der Waals surface area contributed by atoms with Crippen LogP contribution in [0.4, 0.5) is 0 Å². The van der Waals surface area contributed by atoms with E-state index < -0.39 is 5.97 Å². The average Bonchev–Trinajstić information content (AvgIpc) is 3.09. The zero-order chi connectivity index (χ0) is 15.1. The summed E-state index contributed by atoms with van der Waals surface area (Å²) in [6.07, 6.45) is 0. The van der Waals surface area contributed by atoms with Crippen molar-refractivity contribution in [3.63, 3.8) is 0 Å². The number of benzene rings is 2. The van der Waals surface area contributed by atoms with Crippen LogP contribution in [0.1, 0.15) is 10.6 Å². The number of carboxylic acids is 1. The molecule has 108 valence electrons. The average molecular weight is 311 g/mol. The largest absolute Gasteiger partial charge is 0.475 e. The Morgan fingerprint density at radius 3 is 2.86 bits per heavy atom. The molecule has 0 aliphatic heterocycles. The van der Waals surface area contributed by atoms with Gasteiger partial charge in [-0.3, -0.25) is 0 Å². The Labute approximate surface area is 128 Å². The number of furan rings is 1. The molecule has 2 aromatic heterocycles. The van der Waals surface area contributed by atoms with Crippen LogP contribution < -0.4 is 4.74 Å². The maximum Gasteiger partial charge on any atom is 0.371 e. The first-order valence-electron chi connectivity index (χ1n) is 6.49. The number of carboxylic acid groups (broad SMARTS) is 1. The molecule has 0 radical (unpaired) electrons. The van der Waals surface area contributed by atoms with E-state index in [0.29, 0.717) is 21.9 Å². The van der Waals surface area contributed by atoms with Crippen LogP contribution in [0.5, 0.6) is 10.9 Å². The lowest BCUT2D eigenvalue weighted by atomic mass is 10.2. The van der Waals surface area contributed by atoms with Crippen molar-refractivity contribution in [1.29, 1.82) is 0 Å². The van der Waals surface area contributed by atoms with Crippen molar-refractivity contribution in [2.75, 3.05) is 0 Å². The highest BCUT2D eigenvalue weighted by molar-refractivity contribution is 7.20. The number of nitrogens with zero attached hydrogens (tertiary/aromatic N) is 1. The van der Waals surface area contributed by atoms with E-state index in [0.717, 1.165) is 10.2 Å². The fourth-order valence-corrected chi connectivity index (χ4v) is 3.02. The number of hydrogen-bond acceptors (Lipinski definition) is 5. The fourth-order valence-electron chi connectivity index (χ4n) is 2.19. The molecule has 0 saturated carbocycles. The third kappa shape index (κ3) is 2.19. The molecule has 22 heavy (non-hydrogen) atoms. The van der Waals surface area contributed by atoms with Crippen molar-refractivity contribution in [3.8, 4) is 10.9 Å². The topological polar surface area (TPSA) is 72.6 Å². The van der Waals surface area contributed by atoms with Gasteiger partial charge in [-0.2, -0.15) is 0 Å². The van der Waals surface area contributed by atoms with E-state index in [2.05, 4.69) is 4.98 Å². The number of para-hydroxylation sites is 1. The number of fused-ring (bicyclic) bond motifs is 2. The van der Waals surface area contributed by atoms with Gasteiger partial charge in [-0.1, -0.05) is 23.5 Å². The molecule has 2 heterocycles. The minimum atomic E-state index is -1.09. The van der Waals surface area contributed by atoms with Gasteiger partial charge in [0.1, 0.15) is 11.3 Å². The van der Waals surface area contributed by atoms with Gasteiger partial charge in [0.25, 0.3) is 5.19 Å². The summed E-state index contributed by atoms with van der Waals surface area (Å²) < 4.78 is 12.0. The van der Waals surface area contributed by atoms with E-state index >= 15 is 0 Å². The second-order valence-corrected chi connectivity index (χ2v) is 5.66. The third-order valence-corrected chi connectivity index (χ3v) is 4.09. The Morgan fingerprint density at radius 2 is 2.05 bits per heavy atom. The van der Waals surface area contributed by atoms with Gasteiger partial charge in [-0.05, 0) is 36.4 Å². The highest BCUT2D eigenvalue weighted by Gasteiger charge is 2.12. The Morgan fingerprint density at radius 1 is 1.18 bits per heavy atom. The Balaban J connectivity index is 1.69. The van der Waals surface area contributed by atoms with Gasteiger partial charge in [0.15, 0.2) is 0 Å². The summed E-state index contributed by atoms with van der Waals surface area (Å²) in [5, 5.41) is 10.2. The molecule has 4 aromatic rings. The molecule has 0 aliphatic carbocycles. The predicted molar refractivity (Wildman–Crippen MR) is 82.9 cm³/mol. The second-order valence-electron chi connectivity index (χ2n) is 4.66. The van der Waals surface area contributed by atoms with Crippen molar-refractivity contribution in [2.45, 2.75) is 0 Å². The SMILES string of the molecule is O=C(O)c1cc2cc(Oc3nc4ccccc4s3)ccc2o1. The second kappa shape index (κ2) is 4.85. The van der Waals surface area contributed by atoms with Crippen LogP contribution in [0.3, 0.4) is 0 Å².